The smallest absolute Gasteiger partial charge is 0.320 e. The Bertz CT molecular complexity index is 1170. The Kier molecular flexibility index (Phi) is 6.92. The molecule has 2 aliphatic heterocycles. The van der Waals surface area contributed by atoms with Crippen LogP contribution in [0.15, 0.2) is 48.5 Å². The second-order valence-corrected chi connectivity index (χ2v) is 9.07. The van der Waals surface area contributed by atoms with Crippen LogP contribution in [-0.4, -0.2) is 54.2 Å². The summed E-state index contributed by atoms with van der Waals surface area (Å²) in [6.07, 6.45) is 2.81. The van der Waals surface area contributed by atoms with Gasteiger partial charge in [-0.2, -0.15) is 9.97 Å². The standard InChI is InChI=1S/C27H31N5O3/c1-34-14-15-35-27-29-25(28)23-16-24(33)32(26(23)30-27)18-20-6-10-22(11-7-20)21-8-4-19(5-9-21)17-31-12-2-3-13-31/h4-11H,2-3,12-18H2,1H3,(H2,28,29,30). The summed E-state index contributed by atoms with van der Waals surface area (Å²) in [5, 5.41) is 0. The van der Waals surface area contributed by atoms with Gasteiger partial charge >= 0.3 is 6.01 Å². The van der Waals surface area contributed by atoms with E-state index in [2.05, 4.69) is 63.4 Å². The van der Waals surface area contributed by atoms with Crippen molar-refractivity contribution in [1.29, 1.82) is 0 Å². The molecule has 1 saturated heterocycles. The van der Waals surface area contributed by atoms with Crippen molar-refractivity contribution in [3.8, 4) is 17.1 Å². The topological polar surface area (TPSA) is 93.8 Å². The van der Waals surface area contributed by atoms with Crippen molar-refractivity contribution in [3.05, 3.63) is 65.2 Å². The zero-order chi connectivity index (χ0) is 24.2. The van der Waals surface area contributed by atoms with E-state index < -0.39 is 0 Å². The lowest BCUT2D eigenvalue weighted by Gasteiger charge is -2.18. The van der Waals surface area contributed by atoms with Crippen LogP contribution in [0.4, 0.5) is 11.6 Å². The van der Waals surface area contributed by atoms with E-state index in [1.807, 2.05) is 0 Å². The minimum atomic E-state index is -0.0484. The SMILES string of the molecule is COCCOc1nc(N)c2c(n1)N(Cc1ccc(-c3ccc(CN4CCCC4)cc3)cc1)C(=O)C2. The van der Waals surface area contributed by atoms with Gasteiger partial charge in [-0.25, -0.2) is 0 Å². The molecule has 2 aromatic carbocycles. The van der Waals surface area contributed by atoms with Crippen molar-refractivity contribution in [1.82, 2.24) is 14.9 Å². The van der Waals surface area contributed by atoms with Gasteiger partial charge in [0, 0.05) is 19.2 Å². The molecule has 0 aliphatic carbocycles. The molecule has 3 aromatic rings. The molecule has 8 heteroatoms. The minimum absolute atomic E-state index is 0.0484. The van der Waals surface area contributed by atoms with Crippen molar-refractivity contribution >= 4 is 17.5 Å². The van der Waals surface area contributed by atoms with Crippen LogP contribution in [0.25, 0.3) is 11.1 Å². The number of methoxy groups -OCH3 is 1. The number of hydrogen-bond acceptors (Lipinski definition) is 7. The number of nitrogens with two attached hydrogens (primary N) is 1. The molecule has 5 rings (SSSR count). The first kappa shape index (κ1) is 23.3. The maximum atomic E-state index is 12.7. The molecule has 0 saturated carbocycles. The third-order valence-corrected chi connectivity index (χ3v) is 6.59. The van der Waals surface area contributed by atoms with E-state index in [4.69, 9.17) is 15.2 Å². The molecular weight excluding hydrogens is 442 g/mol. The highest BCUT2D eigenvalue weighted by Crippen LogP contribution is 2.33. The van der Waals surface area contributed by atoms with Crippen LogP contribution in [0.5, 0.6) is 6.01 Å². The van der Waals surface area contributed by atoms with Gasteiger partial charge in [0.05, 0.1) is 19.6 Å². The highest BCUT2D eigenvalue weighted by Gasteiger charge is 2.32. The van der Waals surface area contributed by atoms with E-state index >= 15 is 0 Å². The number of carbonyl (C=O) groups is 1. The van der Waals surface area contributed by atoms with Gasteiger partial charge in [0.1, 0.15) is 18.2 Å². The lowest BCUT2D eigenvalue weighted by atomic mass is 10.0. The first-order valence-corrected chi connectivity index (χ1v) is 12.1. The van der Waals surface area contributed by atoms with E-state index in [0.717, 1.165) is 17.7 Å². The molecule has 1 amide bonds. The molecule has 0 spiro atoms. The first-order chi connectivity index (χ1) is 17.1. The number of fused-ring (bicyclic) bond motifs is 1. The van der Waals surface area contributed by atoms with E-state index in [-0.39, 0.29) is 24.2 Å². The number of rotatable bonds is 9. The second-order valence-electron chi connectivity index (χ2n) is 9.07. The summed E-state index contributed by atoms with van der Waals surface area (Å²) in [6.45, 7) is 4.56. The number of nitrogens with zero attached hydrogens (tertiary/aromatic N) is 4. The highest BCUT2D eigenvalue weighted by atomic mass is 16.5. The summed E-state index contributed by atoms with van der Waals surface area (Å²) >= 11 is 0. The van der Waals surface area contributed by atoms with Gasteiger partial charge < -0.3 is 15.2 Å². The largest absolute Gasteiger partial charge is 0.461 e. The normalized spacial score (nSPS) is 15.6. The molecule has 1 aromatic heterocycles. The van der Waals surface area contributed by atoms with Crippen LogP contribution in [0.1, 0.15) is 29.5 Å². The number of likely N-dealkylation sites (tertiary alicyclic amines) is 1. The van der Waals surface area contributed by atoms with Crippen LogP contribution in [0.2, 0.25) is 0 Å². The van der Waals surface area contributed by atoms with Gasteiger partial charge in [0.2, 0.25) is 5.91 Å². The number of hydrogen-bond donors (Lipinski definition) is 1. The average molecular weight is 474 g/mol. The average Bonchev–Trinajstić information content (AvgIpc) is 3.49. The summed E-state index contributed by atoms with van der Waals surface area (Å²) in [6, 6.07) is 17.3. The Balaban J connectivity index is 1.27. The Morgan fingerprint density at radius 2 is 1.51 bits per heavy atom. The summed E-state index contributed by atoms with van der Waals surface area (Å²) < 4.78 is 10.5. The molecule has 35 heavy (non-hydrogen) atoms. The zero-order valence-electron chi connectivity index (χ0n) is 20.1. The third kappa shape index (κ3) is 5.28. The fourth-order valence-electron chi connectivity index (χ4n) is 4.66. The van der Waals surface area contributed by atoms with Gasteiger partial charge in [0.15, 0.2) is 0 Å². The van der Waals surface area contributed by atoms with E-state index in [0.29, 0.717) is 31.1 Å². The molecule has 0 atom stereocenters. The molecule has 8 nitrogen and oxygen atoms in total. The molecule has 0 bridgehead atoms. The van der Waals surface area contributed by atoms with Gasteiger partial charge in [-0.05, 0) is 48.2 Å². The number of nitrogen functional groups attached to an aromatic ring is 1. The van der Waals surface area contributed by atoms with Crippen molar-refractivity contribution in [2.75, 3.05) is 44.0 Å². The van der Waals surface area contributed by atoms with E-state index in [1.54, 1.807) is 12.0 Å². The summed E-state index contributed by atoms with van der Waals surface area (Å²) in [5.41, 5.74) is 11.4. The lowest BCUT2D eigenvalue weighted by Crippen LogP contribution is -2.26. The molecule has 2 aliphatic rings. The molecule has 182 valence electrons. The van der Waals surface area contributed by atoms with Crippen LogP contribution in [-0.2, 0) is 29.0 Å². The number of benzene rings is 2. The molecule has 0 unspecified atom stereocenters. The second kappa shape index (κ2) is 10.4. The maximum Gasteiger partial charge on any atom is 0.320 e. The summed E-state index contributed by atoms with van der Waals surface area (Å²) in [5.74, 6) is 0.752. The van der Waals surface area contributed by atoms with Crippen molar-refractivity contribution in [2.45, 2.75) is 32.4 Å². The number of anilines is 2. The van der Waals surface area contributed by atoms with Gasteiger partial charge in [-0.15, -0.1) is 0 Å². The Morgan fingerprint density at radius 1 is 0.886 bits per heavy atom. The van der Waals surface area contributed by atoms with Crippen molar-refractivity contribution < 1.29 is 14.3 Å². The zero-order valence-corrected chi connectivity index (χ0v) is 20.1. The molecule has 0 radical (unpaired) electrons. The van der Waals surface area contributed by atoms with E-state index in [1.165, 1.54) is 37.1 Å². The molecule has 1 fully saturated rings. The summed E-state index contributed by atoms with van der Waals surface area (Å²) in [7, 11) is 1.59. The fourth-order valence-corrected chi connectivity index (χ4v) is 4.66. The predicted molar refractivity (Wildman–Crippen MR) is 135 cm³/mol. The van der Waals surface area contributed by atoms with Gasteiger partial charge in [0.25, 0.3) is 0 Å². The number of amides is 1. The molecule has 2 N–H and O–H groups in total. The van der Waals surface area contributed by atoms with Crippen LogP contribution < -0.4 is 15.4 Å². The third-order valence-electron chi connectivity index (χ3n) is 6.59. The van der Waals surface area contributed by atoms with Crippen LogP contribution in [0, 0.1) is 0 Å². The quantitative estimate of drug-likeness (QED) is 0.476. The Morgan fingerprint density at radius 3 is 2.14 bits per heavy atom. The van der Waals surface area contributed by atoms with Crippen molar-refractivity contribution in [2.24, 2.45) is 0 Å². The van der Waals surface area contributed by atoms with Gasteiger partial charge in [-0.3, -0.25) is 14.6 Å². The molecular formula is C27H31N5O3. The number of aromatic nitrogens is 2. The van der Waals surface area contributed by atoms with Crippen molar-refractivity contribution in [3.63, 3.8) is 0 Å². The highest BCUT2D eigenvalue weighted by molar-refractivity contribution is 6.01. The fraction of sp³-hybridized carbons (Fsp3) is 0.370. The monoisotopic (exact) mass is 473 g/mol. The first-order valence-electron chi connectivity index (χ1n) is 12.1. The Hall–Kier alpha value is -3.49. The summed E-state index contributed by atoms with van der Waals surface area (Å²) in [4.78, 5) is 25.5. The van der Waals surface area contributed by atoms with Gasteiger partial charge in [-0.1, -0.05) is 48.5 Å². The Labute approximate surface area is 205 Å². The van der Waals surface area contributed by atoms with Crippen LogP contribution >= 0.6 is 0 Å². The molecule has 3 heterocycles. The maximum absolute atomic E-state index is 12.7. The number of ether oxygens (including phenoxy) is 2. The van der Waals surface area contributed by atoms with Crippen LogP contribution in [0.3, 0.4) is 0 Å². The predicted octanol–water partition coefficient (Wildman–Crippen LogP) is 3.44. The number of carbonyl (C=O) groups excluding carboxylic acids is 1. The minimum Gasteiger partial charge on any atom is -0.461 e. The van der Waals surface area contributed by atoms with E-state index in [9.17, 15) is 4.79 Å². The lowest BCUT2D eigenvalue weighted by molar-refractivity contribution is -0.117.